The fraction of sp³-hybridized carbons (Fsp3) is 0.407. The molecule has 1 amide bonds. The molecule has 34 heavy (non-hydrogen) atoms. The topological polar surface area (TPSA) is 60.9 Å². The molecule has 0 saturated carbocycles. The second kappa shape index (κ2) is 10.2. The fourth-order valence-electron chi connectivity index (χ4n) is 4.03. The highest BCUT2D eigenvalue weighted by molar-refractivity contribution is 7.14. The number of benzene rings is 2. The summed E-state index contributed by atoms with van der Waals surface area (Å²) in [5.41, 5.74) is 3.42. The van der Waals surface area contributed by atoms with Crippen LogP contribution in [0.3, 0.4) is 0 Å². The van der Waals surface area contributed by atoms with Gasteiger partial charge in [-0.05, 0) is 54.2 Å². The summed E-state index contributed by atoms with van der Waals surface area (Å²) in [5, 5.41) is 2.59. The zero-order valence-electron chi connectivity index (χ0n) is 20.5. The first-order valence-electron chi connectivity index (χ1n) is 11.5. The lowest BCUT2D eigenvalue weighted by Gasteiger charge is -2.24. The van der Waals surface area contributed by atoms with Gasteiger partial charge in [0.1, 0.15) is 11.5 Å². The lowest BCUT2D eigenvalue weighted by atomic mass is 9.86. The molecule has 2 aromatic carbocycles. The summed E-state index contributed by atoms with van der Waals surface area (Å²) < 4.78 is 16.8. The van der Waals surface area contributed by atoms with E-state index in [4.69, 9.17) is 19.2 Å². The van der Waals surface area contributed by atoms with Gasteiger partial charge in [0.05, 0.1) is 32.6 Å². The minimum atomic E-state index is -0.0746. The summed E-state index contributed by atoms with van der Waals surface area (Å²) in [4.78, 5) is 20.3. The van der Waals surface area contributed by atoms with Gasteiger partial charge in [0.2, 0.25) is 0 Å². The van der Waals surface area contributed by atoms with Crippen LogP contribution in [-0.4, -0.2) is 44.4 Å². The Morgan fingerprint density at radius 1 is 1.15 bits per heavy atom. The Balaban J connectivity index is 1.67. The first-order valence-corrected chi connectivity index (χ1v) is 12.4. The van der Waals surface area contributed by atoms with Gasteiger partial charge in [0, 0.05) is 23.1 Å². The van der Waals surface area contributed by atoms with E-state index >= 15 is 0 Å². The standard InChI is InChI=1S/C27H32N2O4S/c1-27(2,3)19-10-8-18(9-11-19)25(30)29(16-21-7-6-14-33-21)26-28-23(17-34-26)22-15-20(31-4)12-13-24(22)32-5/h8-13,15,17,21H,6-7,14,16H2,1-5H3/t21-/m0/s1. The Bertz CT molecular complexity index is 1130. The monoisotopic (exact) mass is 480 g/mol. The Hall–Kier alpha value is -2.90. The number of hydrogen-bond acceptors (Lipinski definition) is 6. The molecule has 0 radical (unpaired) electrons. The number of hydrogen-bond donors (Lipinski definition) is 0. The van der Waals surface area contributed by atoms with Gasteiger partial charge in [-0.1, -0.05) is 32.9 Å². The van der Waals surface area contributed by atoms with Crippen LogP contribution in [0.25, 0.3) is 11.3 Å². The second-order valence-electron chi connectivity index (χ2n) is 9.46. The van der Waals surface area contributed by atoms with Crippen LogP contribution in [0.5, 0.6) is 11.5 Å². The molecule has 2 heterocycles. The number of amides is 1. The maximum atomic E-state index is 13.7. The molecule has 6 nitrogen and oxygen atoms in total. The van der Waals surface area contributed by atoms with Crippen molar-refractivity contribution in [3.8, 4) is 22.8 Å². The van der Waals surface area contributed by atoms with Crippen molar-refractivity contribution < 1.29 is 19.0 Å². The highest BCUT2D eigenvalue weighted by Gasteiger charge is 2.27. The smallest absolute Gasteiger partial charge is 0.260 e. The van der Waals surface area contributed by atoms with Crippen molar-refractivity contribution in [1.29, 1.82) is 0 Å². The molecule has 0 N–H and O–H groups in total. The minimum Gasteiger partial charge on any atom is -0.497 e. The average molecular weight is 481 g/mol. The van der Waals surface area contributed by atoms with Crippen molar-refractivity contribution in [2.24, 2.45) is 0 Å². The van der Waals surface area contributed by atoms with Crippen LogP contribution in [0.2, 0.25) is 0 Å². The van der Waals surface area contributed by atoms with E-state index in [-0.39, 0.29) is 17.4 Å². The molecule has 7 heteroatoms. The third kappa shape index (κ3) is 5.26. The first kappa shape index (κ1) is 24.2. The summed E-state index contributed by atoms with van der Waals surface area (Å²) in [6.07, 6.45) is 1.96. The fourth-order valence-corrected chi connectivity index (χ4v) is 4.87. The summed E-state index contributed by atoms with van der Waals surface area (Å²) in [6.45, 7) is 7.70. The van der Waals surface area contributed by atoms with Gasteiger partial charge in [0.15, 0.2) is 5.13 Å². The molecular formula is C27H32N2O4S. The Morgan fingerprint density at radius 2 is 1.91 bits per heavy atom. The van der Waals surface area contributed by atoms with Crippen molar-refractivity contribution in [3.05, 3.63) is 59.0 Å². The van der Waals surface area contributed by atoms with Gasteiger partial charge in [-0.25, -0.2) is 4.98 Å². The molecule has 3 aromatic rings. The van der Waals surface area contributed by atoms with Crippen molar-refractivity contribution >= 4 is 22.4 Å². The molecule has 1 aliphatic rings. The number of carbonyl (C=O) groups excluding carboxylic acids is 1. The first-order chi connectivity index (χ1) is 16.3. The Kier molecular flexibility index (Phi) is 7.24. The molecule has 1 saturated heterocycles. The van der Waals surface area contributed by atoms with Gasteiger partial charge >= 0.3 is 0 Å². The van der Waals surface area contributed by atoms with Crippen LogP contribution in [0.15, 0.2) is 47.8 Å². The van der Waals surface area contributed by atoms with Crippen LogP contribution >= 0.6 is 11.3 Å². The molecule has 0 aliphatic carbocycles. The molecule has 1 aromatic heterocycles. The number of methoxy groups -OCH3 is 2. The van der Waals surface area contributed by atoms with Crippen LogP contribution < -0.4 is 14.4 Å². The minimum absolute atomic E-state index is 0.0107. The van der Waals surface area contributed by atoms with Crippen molar-refractivity contribution in [1.82, 2.24) is 4.98 Å². The van der Waals surface area contributed by atoms with Crippen molar-refractivity contribution in [3.63, 3.8) is 0 Å². The van der Waals surface area contributed by atoms with Crippen LogP contribution in [0, 0.1) is 0 Å². The van der Waals surface area contributed by atoms with E-state index in [1.165, 1.54) is 16.9 Å². The zero-order chi connectivity index (χ0) is 24.3. The van der Waals surface area contributed by atoms with E-state index in [2.05, 4.69) is 20.8 Å². The van der Waals surface area contributed by atoms with Crippen molar-refractivity contribution in [2.45, 2.75) is 45.1 Å². The van der Waals surface area contributed by atoms with E-state index in [0.717, 1.165) is 36.5 Å². The van der Waals surface area contributed by atoms with Gasteiger partial charge < -0.3 is 14.2 Å². The van der Waals surface area contributed by atoms with Gasteiger partial charge in [-0.3, -0.25) is 9.69 Å². The van der Waals surface area contributed by atoms with E-state index in [9.17, 15) is 4.79 Å². The van der Waals surface area contributed by atoms with Gasteiger partial charge in [-0.15, -0.1) is 11.3 Å². The zero-order valence-corrected chi connectivity index (χ0v) is 21.3. The van der Waals surface area contributed by atoms with E-state index in [0.29, 0.717) is 23.0 Å². The highest BCUT2D eigenvalue weighted by atomic mass is 32.1. The summed E-state index contributed by atoms with van der Waals surface area (Å²) in [5.74, 6) is 1.35. The SMILES string of the molecule is COc1ccc(OC)c(-c2csc(N(C[C@@H]3CCCO3)C(=O)c3ccc(C(C)(C)C)cc3)n2)c1. The Morgan fingerprint density at radius 3 is 2.53 bits per heavy atom. The second-order valence-corrected chi connectivity index (χ2v) is 10.3. The number of nitrogens with zero attached hydrogens (tertiary/aromatic N) is 2. The highest BCUT2D eigenvalue weighted by Crippen LogP contribution is 2.36. The molecule has 1 fully saturated rings. The quantitative estimate of drug-likeness (QED) is 0.418. The molecule has 1 atom stereocenters. The average Bonchev–Trinajstić information content (AvgIpc) is 3.53. The molecule has 180 valence electrons. The number of aromatic nitrogens is 1. The molecule has 0 unspecified atom stereocenters. The third-order valence-corrected chi connectivity index (χ3v) is 6.92. The molecule has 0 bridgehead atoms. The van der Waals surface area contributed by atoms with Crippen LogP contribution in [0.1, 0.15) is 49.5 Å². The maximum absolute atomic E-state index is 13.7. The van der Waals surface area contributed by atoms with Crippen LogP contribution in [-0.2, 0) is 10.2 Å². The predicted molar refractivity (Wildman–Crippen MR) is 136 cm³/mol. The molecule has 4 rings (SSSR count). The lowest BCUT2D eigenvalue weighted by molar-refractivity contribution is 0.0917. The number of rotatable bonds is 7. The number of thiazole rings is 1. The summed E-state index contributed by atoms with van der Waals surface area (Å²) >= 11 is 1.44. The maximum Gasteiger partial charge on any atom is 0.260 e. The summed E-state index contributed by atoms with van der Waals surface area (Å²) in [6, 6.07) is 13.5. The summed E-state index contributed by atoms with van der Waals surface area (Å²) in [7, 11) is 3.26. The van der Waals surface area contributed by atoms with E-state index < -0.39 is 0 Å². The van der Waals surface area contributed by atoms with E-state index in [1.54, 1.807) is 19.1 Å². The number of anilines is 1. The molecule has 0 spiro atoms. The van der Waals surface area contributed by atoms with Crippen LogP contribution in [0.4, 0.5) is 5.13 Å². The molecular weight excluding hydrogens is 448 g/mol. The largest absolute Gasteiger partial charge is 0.497 e. The lowest BCUT2D eigenvalue weighted by Crippen LogP contribution is -2.37. The number of carbonyl (C=O) groups is 1. The van der Waals surface area contributed by atoms with Crippen molar-refractivity contribution in [2.75, 3.05) is 32.3 Å². The normalized spacial score (nSPS) is 15.9. The van der Waals surface area contributed by atoms with Gasteiger partial charge in [0.25, 0.3) is 5.91 Å². The third-order valence-electron chi connectivity index (χ3n) is 6.06. The molecule has 1 aliphatic heterocycles. The number of ether oxygens (including phenoxy) is 3. The predicted octanol–water partition coefficient (Wildman–Crippen LogP) is 5.95. The Labute approximate surface area is 205 Å². The van der Waals surface area contributed by atoms with E-state index in [1.807, 2.05) is 47.8 Å². The van der Waals surface area contributed by atoms with Gasteiger partial charge in [-0.2, -0.15) is 0 Å².